The highest BCUT2D eigenvalue weighted by Gasteiger charge is 2.61. The Morgan fingerprint density at radius 1 is 1.27 bits per heavy atom. The van der Waals surface area contributed by atoms with Crippen LogP contribution in [-0.2, 0) is 4.79 Å². The Balaban J connectivity index is 1.66. The predicted molar refractivity (Wildman–Crippen MR) is 87.3 cm³/mol. The van der Waals surface area contributed by atoms with Crippen molar-refractivity contribution in [1.29, 1.82) is 0 Å². The molecule has 3 saturated carbocycles. The van der Waals surface area contributed by atoms with Crippen LogP contribution in [0.1, 0.15) is 78.4 Å². The molecule has 0 saturated heterocycles. The Bertz CT molecular complexity index is 684. The summed E-state index contributed by atoms with van der Waals surface area (Å²) in [5.74, 6) is 1.70. The van der Waals surface area contributed by atoms with E-state index in [4.69, 9.17) is 6.85 Å². The zero-order valence-corrected chi connectivity index (χ0v) is 13.4. The van der Waals surface area contributed by atoms with Crippen molar-refractivity contribution in [3.8, 4) is 0 Å². The lowest BCUT2D eigenvalue weighted by molar-refractivity contribution is -0.122. The zero-order chi connectivity index (χ0) is 19.8. The second-order valence-electron chi connectivity index (χ2n) is 8.28. The lowest BCUT2D eigenvalue weighted by atomic mass is 9.50. The summed E-state index contributed by atoms with van der Waals surface area (Å²) in [7, 11) is 0. The van der Waals surface area contributed by atoms with Gasteiger partial charge in [0.1, 0.15) is 0 Å². The second-order valence-corrected chi connectivity index (χ2v) is 8.28. The minimum atomic E-state index is -2.84. The maximum absolute atomic E-state index is 11.8. The molecule has 4 aliphatic carbocycles. The number of fused-ring (bicyclic) bond motifs is 5. The molecule has 0 bridgehead atoms. The molecular weight excluding hydrogens is 272 g/mol. The number of ketones is 1. The van der Waals surface area contributed by atoms with E-state index < -0.39 is 24.2 Å². The quantitative estimate of drug-likeness (QED) is 0.785. The van der Waals surface area contributed by atoms with Gasteiger partial charge in [0, 0.05) is 13.3 Å². The van der Waals surface area contributed by atoms with Crippen LogP contribution in [0, 0.1) is 29.1 Å². The van der Waals surface area contributed by atoms with E-state index in [1.54, 1.807) is 0 Å². The third-order valence-corrected chi connectivity index (χ3v) is 7.66. The predicted octanol–water partition coefficient (Wildman–Crippen LogP) is 4.27. The smallest absolute Gasteiger partial charge is 0.155 e. The Morgan fingerprint density at radius 3 is 2.95 bits per heavy atom. The molecule has 0 radical (unpaired) electrons. The average molecular weight is 307 g/mol. The second kappa shape index (κ2) is 4.93. The molecule has 0 aromatic heterocycles. The fraction of sp³-hybridized carbons (Fsp3) is 0.850. The Kier molecular flexibility index (Phi) is 2.30. The van der Waals surface area contributed by atoms with Gasteiger partial charge >= 0.3 is 0 Å². The van der Waals surface area contributed by atoms with Crippen LogP contribution >= 0.6 is 0 Å². The van der Waals surface area contributed by atoms with Crippen molar-refractivity contribution in [3.63, 3.8) is 0 Å². The summed E-state index contributed by atoms with van der Waals surface area (Å²) in [6, 6.07) is 0. The van der Waals surface area contributed by atoms with Gasteiger partial charge in [-0.25, -0.2) is 0 Å². The van der Waals surface area contributed by atoms with Crippen LogP contribution in [0.4, 0.5) is 0 Å². The first-order valence-corrected chi connectivity index (χ1v) is 8.88. The van der Waals surface area contributed by atoms with Gasteiger partial charge in [0.2, 0.25) is 0 Å². The van der Waals surface area contributed by atoms with Crippen LogP contribution in [0.2, 0.25) is 0 Å². The average Bonchev–Trinajstić information content (AvgIpc) is 2.86. The van der Waals surface area contributed by atoms with Crippen LogP contribution in [0.25, 0.3) is 0 Å². The van der Waals surface area contributed by atoms with E-state index in [-0.39, 0.29) is 18.1 Å². The van der Waals surface area contributed by atoms with Crippen molar-refractivity contribution in [2.75, 3.05) is 0 Å². The summed E-state index contributed by atoms with van der Waals surface area (Å²) in [6.07, 6.45) is 5.09. The van der Waals surface area contributed by atoms with Crippen LogP contribution in [0.3, 0.4) is 0 Å². The first-order valence-electron chi connectivity index (χ1n) is 11.4. The first kappa shape index (κ1) is 10.3. The van der Waals surface area contributed by atoms with E-state index >= 15 is 0 Å². The highest BCUT2D eigenvalue weighted by Crippen LogP contribution is 2.65. The molecule has 22 heavy (non-hydrogen) atoms. The molecule has 0 spiro atoms. The van der Waals surface area contributed by atoms with Crippen LogP contribution < -0.4 is 0 Å². The molecule has 6 atom stereocenters. The molecule has 0 aromatic rings. The van der Waals surface area contributed by atoms with E-state index in [0.29, 0.717) is 37.0 Å². The van der Waals surface area contributed by atoms with Gasteiger partial charge in [-0.05, 0) is 86.5 Å². The standard InChI is InChI=1S/C20H30O2/c1-3-20(22)11-9-18-17-6-4-13-12-14(21)5-7-15(13)16(17)8-10-19(18,20)2/h12,15-18,22H,3-11H2,1-2H3/t15-,16+,17+,18-,19-,20-/m0/s1/i1D3,3D2. The molecule has 1 N–H and O–H groups in total. The molecule has 2 nitrogen and oxygen atoms in total. The van der Waals surface area contributed by atoms with Crippen molar-refractivity contribution in [3.05, 3.63) is 11.6 Å². The molecule has 0 aromatic carbocycles. The van der Waals surface area contributed by atoms with E-state index in [0.717, 1.165) is 25.7 Å². The van der Waals surface area contributed by atoms with E-state index in [1.165, 1.54) is 5.57 Å². The van der Waals surface area contributed by atoms with Gasteiger partial charge in [-0.1, -0.05) is 19.3 Å². The molecule has 2 heteroatoms. The maximum Gasteiger partial charge on any atom is 0.155 e. The third kappa shape index (κ3) is 1.85. The highest BCUT2D eigenvalue weighted by molar-refractivity contribution is 5.91. The number of rotatable bonds is 1. The van der Waals surface area contributed by atoms with E-state index in [9.17, 15) is 9.90 Å². The summed E-state index contributed by atoms with van der Waals surface area (Å²) in [5, 5.41) is 11.5. The van der Waals surface area contributed by atoms with Gasteiger partial charge < -0.3 is 5.11 Å². The fourth-order valence-corrected chi connectivity index (χ4v) is 6.40. The minimum absolute atomic E-state index is 0.151. The van der Waals surface area contributed by atoms with Crippen molar-refractivity contribution in [2.24, 2.45) is 29.1 Å². The molecule has 4 rings (SSSR count). The monoisotopic (exact) mass is 307 g/mol. The number of allylic oxidation sites excluding steroid dienone is 1. The topological polar surface area (TPSA) is 37.3 Å². The summed E-state index contributed by atoms with van der Waals surface area (Å²) in [6.45, 7) is -0.914. The Hall–Kier alpha value is -0.630. The van der Waals surface area contributed by atoms with Crippen molar-refractivity contribution >= 4 is 5.78 Å². The van der Waals surface area contributed by atoms with Gasteiger partial charge in [-0.15, -0.1) is 0 Å². The number of aliphatic hydroxyl groups is 1. The first-order chi connectivity index (χ1) is 12.4. The summed E-state index contributed by atoms with van der Waals surface area (Å²) >= 11 is 0. The van der Waals surface area contributed by atoms with E-state index in [2.05, 4.69) is 0 Å². The largest absolute Gasteiger partial charge is 0.389 e. The van der Waals surface area contributed by atoms with Gasteiger partial charge in [-0.3, -0.25) is 4.79 Å². The Morgan fingerprint density at radius 2 is 2.14 bits per heavy atom. The molecular formula is C20H30O2. The minimum Gasteiger partial charge on any atom is -0.389 e. The Labute approximate surface area is 141 Å². The summed E-state index contributed by atoms with van der Waals surface area (Å²) < 4.78 is 39.8. The van der Waals surface area contributed by atoms with Gasteiger partial charge in [0.25, 0.3) is 0 Å². The van der Waals surface area contributed by atoms with Crippen molar-refractivity contribution < 1.29 is 16.8 Å². The van der Waals surface area contributed by atoms with Gasteiger partial charge in [-0.2, -0.15) is 0 Å². The van der Waals surface area contributed by atoms with Gasteiger partial charge in [0.05, 0.1) is 5.60 Å². The SMILES string of the molecule is [2H]C([2H])([2H])C([2H])([2H])[C@]1(O)CC[C@H]2[C@@H]3CCC4=CC(=O)CC[C@@H]4[C@H]3CC[C@@]21C. The lowest BCUT2D eigenvalue weighted by Gasteiger charge is -2.55. The molecule has 0 heterocycles. The van der Waals surface area contributed by atoms with E-state index in [1.807, 2.05) is 13.0 Å². The number of carbonyl (C=O) groups is 1. The number of hydrogen-bond donors (Lipinski definition) is 1. The normalized spacial score (nSPS) is 55.5. The summed E-state index contributed by atoms with van der Waals surface area (Å²) in [5.41, 5.74) is -1.24. The van der Waals surface area contributed by atoms with Crippen LogP contribution in [0.15, 0.2) is 11.6 Å². The molecule has 0 aliphatic heterocycles. The molecule has 0 amide bonds. The maximum atomic E-state index is 11.8. The number of carbonyl (C=O) groups excluding carboxylic acids is 1. The third-order valence-electron chi connectivity index (χ3n) is 7.66. The molecule has 0 unspecified atom stereocenters. The molecule has 4 aliphatic rings. The lowest BCUT2D eigenvalue weighted by Crippen LogP contribution is -2.52. The fourth-order valence-electron chi connectivity index (χ4n) is 6.40. The number of hydrogen-bond acceptors (Lipinski definition) is 2. The van der Waals surface area contributed by atoms with Gasteiger partial charge in [0.15, 0.2) is 5.78 Å². The molecule has 3 fully saturated rings. The zero-order valence-electron chi connectivity index (χ0n) is 18.4. The van der Waals surface area contributed by atoms with Crippen molar-refractivity contribution in [1.82, 2.24) is 0 Å². The summed E-state index contributed by atoms with van der Waals surface area (Å²) in [4.78, 5) is 11.8. The highest BCUT2D eigenvalue weighted by atomic mass is 16.3. The van der Waals surface area contributed by atoms with Crippen LogP contribution in [-0.4, -0.2) is 16.5 Å². The molecule has 122 valence electrons. The van der Waals surface area contributed by atoms with Crippen molar-refractivity contribution in [2.45, 2.75) is 77.1 Å². The van der Waals surface area contributed by atoms with Crippen LogP contribution in [0.5, 0.6) is 0 Å².